The zero-order valence-electron chi connectivity index (χ0n) is 13.6. The quantitative estimate of drug-likeness (QED) is 0.644. The number of ether oxygens (including phenoxy) is 1. The van der Waals surface area contributed by atoms with Crippen molar-refractivity contribution in [2.24, 2.45) is 0 Å². The number of carbonyl (C=O) groups is 1. The van der Waals surface area contributed by atoms with Gasteiger partial charge in [0, 0.05) is 24.7 Å². The van der Waals surface area contributed by atoms with Gasteiger partial charge in [0.05, 0.1) is 10.5 Å². The van der Waals surface area contributed by atoms with Crippen LogP contribution in [0, 0.1) is 10.1 Å². The van der Waals surface area contributed by atoms with Gasteiger partial charge in [0.25, 0.3) is 11.6 Å². The van der Waals surface area contributed by atoms with Crippen LogP contribution in [0.3, 0.4) is 0 Å². The molecule has 3 rings (SSSR count). The first-order valence-electron chi connectivity index (χ1n) is 8.16. The number of hydrogen-bond acceptors (Lipinski definition) is 5. The third kappa shape index (κ3) is 4.33. The van der Waals surface area contributed by atoms with Crippen LogP contribution in [0.2, 0.25) is 0 Å². The minimum atomic E-state index is -0.523. The van der Waals surface area contributed by atoms with E-state index in [1.165, 1.54) is 18.2 Å². The molecule has 130 valence electrons. The third-order valence-electron chi connectivity index (χ3n) is 4.02. The molecule has 1 aliphatic heterocycles. The van der Waals surface area contributed by atoms with E-state index in [9.17, 15) is 14.9 Å². The number of amides is 1. The lowest BCUT2D eigenvalue weighted by Crippen LogP contribution is -2.45. The Balaban J connectivity index is 1.86. The molecule has 2 N–H and O–H groups in total. The standard InChI is InChI=1S/C18H19N3O4/c22-18(20-13-5-4-10-19-12-13)16-11-14(21(23)24)8-9-17(16)25-15-6-2-1-3-7-15/h1-3,6-9,11,13,19H,4-5,10,12H2,(H,20,22)/t13-/m0/s1. The molecule has 7 nitrogen and oxygen atoms in total. The summed E-state index contributed by atoms with van der Waals surface area (Å²) in [4.78, 5) is 23.2. The van der Waals surface area contributed by atoms with E-state index in [4.69, 9.17) is 4.74 Å². The molecular formula is C18H19N3O4. The highest BCUT2D eigenvalue weighted by molar-refractivity contribution is 5.98. The molecule has 1 aliphatic rings. The lowest BCUT2D eigenvalue weighted by atomic mass is 10.1. The van der Waals surface area contributed by atoms with Crippen molar-refractivity contribution in [1.82, 2.24) is 10.6 Å². The predicted molar refractivity (Wildman–Crippen MR) is 93.0 cm³/mol. The van der Waals surface area contributed by atoms with Crippen LogP contribution in [0.1, 0.15) is 23.2 Å². The molecule has 1 amide bonds. The number of nitro benzene ring substituents is 1. The maximum Gasteiger partial charge on any atom is 0.270 e. The Morgan fingerprint density at radius 2 is 2.04 bits per heavy atom. The molecule has 0 unspecified atom stereocenters. The van der Waals surface area contributed by atoms with Crippen LogP contribution in [0.4, 0.5) is 5.69 Å². The average Bonchev–Trinajstić information content (AvgIpc) is 2.63. The monoisotopic (exact) mass is 341 g/mol. The summed E-state index contributed by atoms with van der Waals surface area (Å²) in [6.07, 6.45) is 1.86. The second-order valence-corrected chi connectivity index (χ2v) is 5.87. The average molecular weight is 341 g/mol. The topological polar surface area (TPSA) is 93.5 Å². The Labute approximate surface area is 145 Å². The number of benzene rings is 2. The molecule has 0 spiro atoms. The minimum absolute atomic E-state index is 0.00471. The summed E-state index contributed by atoms with van der Waals surface area (Å²) >= 11 is 0. The fourth-order valence-electron chi connectivity index (χ4n) is 2.75. The molecule has 0 aliphatic carbocycles. The Kier molecular flexibility index (Phi) is 5.25. The molecule has 2 aromatic rings. The molecule has 25 heavy (non-hydrogen) atoms. The fraction of sp³-hybridized carbons (Fsp3) is 0.278. The van der Waals surface area contributed by atoms with Crippen molar-refractivity contribution in [2.45, 2.75) is 18.9 Å². The van der Waals surface area contributed by atoms with Crippen molar-refractivity contribution < 1.29 is 14.5 Å². The third-order valence-corrected chi connectivity index (χ3v) is 4.02. The van der Waals surface area contributed by atoms with Crippen molar-refractivity contribution in [3.05, 3.63) is 64.2 Å². The molecule has 1 fully saturated rings. The van der Waals surface area contributed by atoms with Crippen molar-refractivity contribution >= 4 is 11.6 Å². The smallest absolute Gasteiger partial charge is 0.270 e. The Morgan fingerprint density at radius 3 is 2.72 bits per heavy atom. The number of hydrogen-bond donors (Lipinski definition) is 2. The highest BCUT2D eigenvalue weighted by Gasteiger charge is 2.22. The molecule has 0 saturated carbocycles. The Bertz CT molecular complexity index is 758. The summed E-state index contributed by atoms with van der Waals surface area (Å²) in [6, 6.07) is 13.0. The van der Waals surface area contributed by atoms with E-state index in [0.717, 1.165) is 19.4 Å². The molecule has 0 aromatic heterocycles. The summed E-state index contributed by atoms with van der Waals surface area (Å²) in [7, 11) is 0. The van der Waals surface area contributed by atoms with Crippen LogP contribution in [0.25, 0.3) is 0 Å². The molecule has 1 heterocycles. The summed E-state index contributed by atoms with van der Waals surface area (Å²) in [6.45, 7) is 1.63. The second kappa shape index (κ2) is 7.76. The zero-order valence-corrected chi connectivity index (χ0v) is 13.6. The van der Waals surface area contributed by atoms with Gasteiger partial charge in [0.1, 0.15) is 11.5 Å². The number of nitrogens with zero attached hydrogens (tertiary/aromatic N) is 1. The molecule has 2 aromatic carbocycles. The van der Waals surface area contributed by atoms with Gasteiger partial charge in [0.2, 0.25) is 0 Å². The Hall–Kier alpha value is -2.93. The van der Waals surface area contributed by atoms with Crippen molar-refractivity contribution in [2.75, 3.05) is 13.1 Å². The van der Waals surface area contributed by atoms with Crippen molar-refractivity contribution in [1.29, 1.82) is 0 Å². The number of para-hydroxylation sites is 1. The van der Waals surface area contributed by atoms with E-state index in [2.05, 4.69) is 10.6 Å². The van der Waals surface area contributed by atoms with Gasteiger partial charge < -0.3 is 15.4 Å². The van der Waals surface area contributed by atoms with Gasteiger partial charge in [-0.25, -0.2) is 0 Å². The van der Waals surface area contributed by atoms with Crippen LogP contribution in [-0.2, 0) is 0 Å². The first-order valence-corrected chi connectivity index (χ1v) is 8.16. The molecule has 1 atom stereocenters. The molecular weight excluding hydrogens is 322 g/mol. The normalized spacial score (nSPS) is 16.9. The second-order valence-electron chi connectivity index (χ2n) is 5.87. The number of carbonyl (C=O) groups excluding carboxylic acids is 1. The van der Waals surface area contributed by atoms with E-state index in [-0.39, 0.29) is 28.9 Å². The number of nitro groups is 1. The summed E-state index contributed by atoms with van der Waals surface area (Å²) in [5, 5.41) is 17.2. The summed E-state index contributed by atoms with van der Waals surface area (Å²) in [5.74, 6) is 0.478. The van der Waals surface area contributed by atoms with Gasteiger partial charge in [-0.1, -0.05) is 18.2 Å². The fourth-order valence-corrected chi connectivity index (χ4v) is 2.75. The van der Waals surface area contributed by atoms with E-state index in [0.29, 0.717) is 12.3 Å². The largest absolute Gasteiger partial charge is 0.457 e. The maximum absolute atomic E-state index is 12.7. The lowest BCUT2D eigenvalue weighted by Gasteiger charge is -2.24. The highest BCUT2D eigenvalue weighted by Crippen LogP contribution is 2.29. The van der Waals surface area contributed by atoms with Gasteiger partial charge in [-0.15, -0.1) is 0 Å². The zero-order chi connectivity index (χ0) is 17.6. The van der Waals surface area contributed by atoms with Crippen molar-refractivity contribution in [3.63, 3.8) is 0 Å². The van der Waals surface area contributed by atoms with E-state index < -0.39 is 4.92 Å². The molecule has 0 bridgehead atoms. The molecule has 1 saturated heterocycles. The summed E-state index contributed by atoms with van der Waals surface area (Å²) < 4.78 is 5.76. The lowest BCUT2D eigenvalue weighted by molar-refractivity contribution is -0.384. The van der Waals surface area contributed by atoms with Crippen LogP contribution < -0.4 is 15.4 Å². The maximum atomic E-state index is 12.7. The van der Waals surface area contributed by atoms with Crippen LogP contribution in [0.15, 0.2) is 48.5 Å². The summed E-state index contributed by atoms with van der Waals surface area (Å²) in [5.41, 5.74) is 0.0101. The van der Waals surface area contributed by atoms with E-state index in [1.807, 2.05) is 18.2 Å². The van der Waals surface area contributed by atoms with Gasteiger partial charge in [-0.2, -0.15) is 0 Å². The molecule has 0 radical (unpaired) electrons. The number of piperidine rings is 1. The van der Waals surface area contributed by atoms with Crippen LogP contribution in [0.5, 0.6) is 11.5 Å². The van der Waals surface area contributed by atoms with E-state index in [1.54, 1.807) is 12.1 Å². The van der Waals surface area contributed by atoms with Crippen LogP contribution in [-0.4, -0.2) is 30.0 Å². The van der Waals surface area contributed by atoms with Crippen molar-refractivity contribution in [3.8, 4) is 11.5 Å². The van der Waals surface area contributed by atoms with Gasteiger partial charge in [0.15, 0.2) is 0 Å². The Morgan fingerprint density at radius 1 is 1.24 bits per heavy atom. The number of rotatable bonds is 5. The first kappa shape index (κ1) is 16.9. The highest BCUT2D eigenvalue weighted by atomic mass is 16.6. The SMILES string of the molecule is O=C(N[C@H]1CCCNC1)c1cc([N+](=O)[O-])ccc1Oc1ccccc1. The van der Waals surface area contributed by atoms with Gasteiger partial charge in [-0.05, 0) is 37.6 Å². The van der Waals surface area contributed by atoms with Crippen LogP contribution >= 0.6 is 0 Å². The predicted octanol–water partition coefficient (Wildman–Crippen LogP) is 2.87. The van der Waals surface area contributed by atoms with E-state index >= 15 is 0 Å². The number of non-ortho nitro benzene ring substituents is 1. The van der Waals surface area contributed by atoms with Gasteiger partial charge in [-0.3, -0.25) is 14.9 Å². The first-order chi connectivity index (χ1) is 12.1. The van der Waals surface area contributed by atoms with Gasteiger partial charge >= 0.3 is 0 Å². The number of nitrogens with one attached hydrogen (secondary N) is 2. The minimum Gasteiger partial charge on any atom is -0.457 e. The molecule has 7 heteroatoms.